The van der Waals surface area contributed by atoms with E-state index in [1.165, 1.54) is 32.1 Å². The minimum absolute atomic E-state index is 0.0230. The van der Waals surface area contributed by atoms with Crippen molar-refractivity contribution in [3.05, 3.63) is 95.1 Å². The number of unbranched alkanes of at least 4 members (excludes halogenated alkanes) is 1. The Bertz CT molecular complexity index is 1390. The summed E-state index contributed by atoms with van der Waals surface area (Å²) in [5, 5.41) is 21.2. The molecule has 3 N–H and O–H groups in total. The van der Waals surface area contributed by atoms with Gasteiger partial charge < -0.3 is 29.9 Å². The van der Waals surface area contributed by atoms with E-state index in [1.54, 1.807) is 0 Å². The number of hydrogen-bond donors (Lipinski definition) is 3. The van der Waals surface area contributed by atoms with Gasteiger partial charge in [-0.05, 0) is 72.7 Å². The summed E-state index contributed by atoms with van der Waals surface area (Å²) < 4.78 is 13.2. The van der Waals surface area contributed by atoms with Crippen LogP contribution in [0, 0.1) is 0 Å². The third-order valence-corrected chi connectivity index (χ3v) is 9.00. The van der Waals surface area contributed by atoms with E-state index in [0.717, 1.165) is 59.4 Å². The Hall–Kier alpha value is -3.56. The van der Waals surface area contributed by atoms with Gasteiger partial charge >= 0.3 is 5.97 Å². The van der Waals surface area contributed by atoms with Crippen molar-refractivity contribution >= 4 is 11.9 Å². The van der Waals surface area contributed by atoms with Crippen LogP contribution >= 0.6 is 0 Å². The molecule has 3 atom stereocenters. The number of nitrogens with one attached hydrogen (secondary N) is 1. The highest BCUT2D eigenvalue weighted by Crippen LogP contribution is 2.39. The molecule has 2 saturated heterocycles. The third-order valence-electron chi connectivity index (χ3n) is 9.00. The van der Waals surface area contributed by atoms with Gasteiger partial charge in [0.05, 0.1) is 18.8 Å². The normalized spacial score (nSPS) is 20.8. The molecule has 2 fully saturated rings. The first kappa shape index (κ1) is 33.8. The van der Waals surface area contributed by atoms with Gasteiger partial charge in [0.15, 0.2) is 6.29 Å². The molecule has 3 aromatic carbocycles. The molecule has 46 heavy (non-hydrogen) atoms. The molecule has 0 saturated carbocycles. The lowest BCUT2D eigenvalue weighted by molar-refractivity contribution is -0.253. The summed E-state index contributed by atoms with van der Waals surface area (Å²) in [5.74, 6) is -0.902. The summed E-state index contributed by atoms with van der Waals surface area (Å²) in [5.41, 5.74) is 6.09. The van der Waals surface area contributed by atoms with Crippen LogP contribution in [0.1, 0.15) is 98.9 Å². The van der Waals surface area contributed by atoms with Crippen molar-refractivity contribution in [3.63, 3.8) is 0 Å². The maximum absolute atomic E-state index is 12.2. The number of aliphatic carboxylic acids is 1. The highest BCUT2D eigenvalue weighted by molar-refractivity contribution is 5.76. The van der Waals surface area contributed by atoms with Crippen molar-refractivity contribution < 1.29 is 29.3 Å². The Morgan fingerprint density at radius 2 is 1.48 bits per heavy atom. The summed E-state index contributed by atoms with van der Waals surface area (Å²) in [7, 11) is 0. The molecule has 0 spiro atoms. The Balaban J connectivity index is 1.24. The maximum atomic E-state index is 12.2. The number of carbonyl (C=O) groups is 2. The third kappa shape index (κ3) is 10.2. The van der Waals surface area contributed by atoms with E-state index in [2.05, 4.69) is 58.7 Å². The van der Waals surface area contributed by atoms with E-state index in [-0.39, 0.29) is 31.1 Å². The lowest BCUT2D eigenvalue weighted by Gasteiger charge is -2.38. The van der Waals surface area contributed by atoms with Crippen LogP contribution in [-0.4, -0.2) is 52.7 Å². The van der Waals surface area contributed by atoms with Crippen LogP contribution in [-0.2, 0) is 32.2 Å². The number of likely N-dealkylation sites (tertiary alicyclic amines) is 1. The van der Waals surface area contributed by atoms with Gasteiger partial charge in [-0.3, -0.25) is 9.59 Å². The Labute approximate surface area is 272 Å². The second-order valence-corrected chi connectivity index (χ2v) is 12.6. The number of aliphatic hydroxyl groups is 1. The van der Waals surface area contributed by atoms with Crippen LogP contribution in [0.5, 0.6) is 0 Å². The second kappa shape index (κ2) is 17.4. The standard InChI is InChI=1S/C38H48N2O6/c41-27-28-13-15-31(16-14-28)35-24-34(26-40-21-6-2-1-3-7-22-40)45-38(46-35)32-19-17-30(18-20-32)33-10-8-9-29(23-33)25-39-36(42)11-4-5-12-37(43)44/h8-10,13-20,23,34-35,38,41H,1-7,11-12,21-22,24-27H2,(H,39,42)(H,43,44)/t34-,35+,38+/m0/s1. The molecular weight excluding hydrogens is 580 g/mol. The number of hydrogen-bond acceptors (Lipinski definition) is 6. The Morgan fingerprint density at radius 1 is 0.783 bits per heavy atom. The summed E-state index contributed by atoms with van der Waals surface area (Å²) in [6.45, 7) is 3.58. The molecule has 1 amide bonds. The number of rotatable bonds is 13. The first-order valence-electron chi connectivity index (χ1n) is 16.9. The fourth-order valence-electron chi connectivity index (χ4n) is 6.36. The van der Waals surface area contributed by atoms with Crippen molar-refractivity contribution in [2.45, 2.75) is 95.9 Å². The monoisotopic (exact) mass is 628 g/mol. The van der Waals surface area contributed by atoms with E-state index in [0.29, 0.717) is 25.8 Å². The second-order valence-electron chi connectivity index (χ2n) is 12.6. The number of benzene rings is 3. The van der Waals surface area contributed by atoms with Crippen LogP contribution in [0.15, 0.2) is 72.8 Å². The van der Waals surface area contributed by atoms with Gasteiger partial charge in [-0.1, -0.05) is 86.0 Å². The number of carboxylic acids is 1. The highest BCUT2D eigenvalue weighted by atomic mass is 16.7. The van der Waals surface area contributed by atoms with Gasteiger partial charge in [-0.25, -0.2) is 0 Å². The molecule has 2 aliphatic heterocycles. The minimum Gasteiger partial charge on any atom is -0.481 e. The van der Waals surface area contributed by atoms with Gasteiger partial charge in [0.1, 0.15) is 0 Å². The van der Waals surface area contributed by atoms with Crippen molar-refractivity contribution in [2.75, 3.05) is 19.6 Å². The molecule has 0 aliphatic carbocycles. The molecule has 8 heteroatoms. The lowest BCUT2D eigenvalue weighted by atomic mass is 9.98. The number of aliphatic hydroxyl groups excluding tert-OH is 1. The number of nitrogens with zero attached hydrogens (tertiary/aromatic N) is 1. The molecular formula is C38H48N2O6. The van der Waals surface area contributed by atoms with Gasteiger partial charge in [0, 0.05) is 37.9 Å². The van der Waals surface area contributed by atoms with Crippen molar-refractivity contribution in [1.82, 2.24) is 10.2 Å². The SMILES string of the molecule is O=C(O)CCCCC(=O)NCc1cccc(-c2ccc([C@@H]3O[C@H](CN4CCCCCCC4)C[C@H](c4ccc(CO)cc4)O3)cc2)c1. The van der Waals surface area contributed by atoms with Crippen LogP contribution in [0.3, 0.4) is 0 Å². The number of carbonyl (C=O) groups excluding carboxylic acids is 1. The summed E-state index contributed by atoms with van der Waals surface area (Å²) in [4.78, 5) is 25.4. The topological polar surface area (TPSA) is 108 Å². The van der Waals surface area contributed by atoms with Crippen LogP contribution in [0.2, 0.25) is 0 Å². The average molecular weight is 629 g/mol. The molecule has 0 unspecified atom stereocenters. The molecule has 3 aromatic rings. The quantitative estimate of drug-likeness (QED) is 0.176. The first-order valence-corrected chi connectivity index (χ1v) is 16.9. The molecule has 0 bridgehead atoms. The molecule has 5 rings (SSSR count). The van der Waals surface area contributed by atoms with Gasteiger partial charge in [0.25, 0.3) is 0 Å². The van der Waals surface area contributed by atoms with Gasteiger partial charge in [-0.15, -0.1) is 0 Å². The fourth-order valence-corrected chi connectivity index (χ4v) is 6.36. The van der Waals surface area contributed by atoms with E-state index in [1.807, 2.05) is 24.3 Å². The van der Waals surface area contributed by atoms with Gasteiger partial charge in [-0.2, -0.15) is 0 Å². The number of ether oxygens (including phenoxy) is 2. The predicted octanol–water partition coefficient (Wildman–Crippen LogP) is 6.92. The maximum Gasteiger partial charge on any atom is 0.303 e. The Morgan fingerprint density at radius 3 is 2.20 bits per heavy atom. The first-order chi connectivity index (χ1) is 22.5. The summed E-state index contributed by atoms with van der Waals surface area (Å²) >= 11 is 0. The number of carboxylic acid groups (broad SMARTS) is 1. The molecule has 0 aromatic heterocycles. The van der Waals surface area contributed by atoms with Crippen LogP contribution in [0.25, 0.3) is 11.1 Å². The molecule has 246 valence electrons. The van der Waals surface area contributed by atoms with Crippen LogP contribution in [0.4, 0.5) is 0 Å². The average Bonchev–Trinajstić information content (AvgIpc) is 3.07. The molecule has 2 aliphatic rings. The molecule has 8 nitrogen and oxygen atoms in total. The van der Waals surface area contributed by atoms with Crippen molar-refractivity contribution in [3.8, 4) is 11.1 Å². The smallest absolute Gasteiger partial charge is 0.303 e. The van der Waals surface area contributed by atoms with Crippen molar-refractivity contribution in [1.29, 1.82) is 0 Å². The molecule has 2 heterocycles. The van der Waals surface area contributed by atoms with Crippen molar-refractivity contribution in [2.24, 2.45) is 0 Å². The summed E-state index contributed by atoms with van der Waals surface area (Å²) in [6, 6.07) is 24.5. The zero-order valence-corrected chi connectivity index (χ0v) is 26.7. The zero-order chi connectivity index (χ0) is 32.1. The van der Waals surface area contributed by atoms with E-state index in [9.17, 15) is 14.7 Å². The fraction of sp³-hybridized carbons (Fsp3) is 0.474. The minimum atomic E-state index is -0.832. The highest BCUT2D eigenvalue weighted by Gasteiger charge is 2.33. The van der Waals surface area contributed by atoms with E-state index in [4.69, 9.17) is 14.6 Å². The van der Waals surface area contributed by atoms with Crippen LogP contribution < -0.4 is 5.32 Å². The van der Waals surface area contributed by atoms with E-state index < -0.39 is 12.3 Å². The molecule has 0 radical (unpaired) electrons. The Kier molecular flexibility index (Phi) is 12.8. The van der Waals surface area contributed by atoms with E-state index >= 15 is 0 Å². The summed E-state index contributed by atoms with van der Waals surface area (Å²) in [6.07, 6.45) is 8.14. The predicted molar refractivity (Wildman–Crippen MR) is 178 cm³/mol. The van der Waals surface area contributed by atoms with Gasteiger partial charge in [0.2, 0.25) is 5.91 Å². The lowest BCUT2D eigenvalue weighted by Crippen LogP contribution is -2.40. The largest absolute Gasteiger partial charge is 0.481 e. The zero-order valence-electron chi connectivity index (χ0n) is 26.7. The number of amides is 1.